The molecular weight excluding hydrogens is 312 g/mol. The SMILES string of the molecule is Oc1c([C@@H](c2ccccc2)N2CCC(O)CC2)sc2ncnn12. The normalized spacial score (nSPS) is 18.5. The number of piperidine rings is 1. The second-order valence-corrected chi connectivity index (χ2v) is 6.83. The average Bonchev–Trinajstić information content (AvgIpc) is 3.15. The predicted molar refractivity (Wildman–Crippen MR) is 87.6 cm³/mol. The summed E-state index contributed by atoms with van der Waals surface area (Å²) in [4.78, 5) is 8.04. The van der Waals surface area contributed by atoms with E-state index in [1.807, 2.05) is 18.2 Å². The molecule has 1 aromatic carbocycles. The topological polar surface area (TPSA) is 73.9 Å². The molecule has 0 amide bonds. The van der Waals surface area contributed by atoms with Gasteiger partial charge in [-0.3, -0.25) is 4.90 Å². The molecule has 3 aromatic rings. The van der Waals surface area contributed by atoms with Gasteiger partial charge in [0, 0.05) is 13.1 Å². The summed E-state index contributed by atoms with van der Waals surface area (Å²) in [5, 5.41) is 24.5. The van der Waals surface area contributed by atoms with Crippen LogP contribution in [0, 0.1) is 0 Å². The molecular formula is C16H18N4O2S. The van der Waals surface area contributed by atoms with Gasteiger partial charge in [-0.2, -0.15) is 9.61 Å². The first-order chi connectivity index (χ1) is 11.2. The van der Waals surface area contributed by atoms with Gasteiger partial charge in [0.05, 0.1) is 17.0 Å². The summed E-state index contributed by atoms with van der Waals surface area (Å²) in [6.45, 7) is 1.60. The number of nitrogens with zero attached hydrogens (tertiary/aromatic N) is 4. The van der Waals surface area contributed by atoms with E-state index in [-0.39, 0.29) is 18.0 Å². The molecule has 1 saturated heterocycles. The molecule has 4 rings (SSSR count). The first-order valence-electron chi connectivity index (χ1n) is 7.72. The lowest BCUT2D eigenvalue weighted by Crippen LogP contribution is -2.38. The first kappa shape index (κ1) is 14.6. The minimum Gasteiger partial charge on any atom is -0.492 e. The van der Waals surface area contributed by atoms with Gasteiger partial charge in [0.15, 0.2) is 0 Å². The van der Waals surface area contributed by atoms with Crippen molar-refractivity contribution >= 4 is 16.3 Å². The third kappa shape index (κ3) is 2.60. The summed E-state index contributed by atoms with van der Waals surface area (Å²) in [7, 11) is 0. The molecule has 1 atom stereocenters. The number of rotatable bonds is 3. The van der Waals surface area contributed by atoms with Gasteiger partial charge in [-0.05, 0) is 18.4 Å². The Hall–Kier alpha value is -1.96. The number of fused-ring (bicyclic) bond motifs is 1. The molecule has 3 heterocycles. The number of likely N-dealkylation sites (tertiary alicyclic amines) is 1. The van der Waals surface area contributed by atoms with Crippen LogP contribution in [-0.2, 0) is 0 Å². The van der Waals surface area contributed by atoms with E-state index in [9.17, 15) is 10.2 Å². The minimum absolute atomic E-state index is 0.0443. The van der Waals surface area contributed by atoms with Crippen LogP contribution in [0.3, 0.4) is 0 Å². The number of hydrogen-bond donors (Lipinski definition) is 2. The van der Waals surface area contributed by atoms with Crippen LogP contribution in [-0.4, -0.2) is 48.9 Å². The lowest BCUT2D eigenvalue weighted by atomic mass is 9.99. The van der Waals surface area contributed by atoms with E-state index in [1.165, 1.54) is 22.2 Å². The summed E-state index contributed by atoms with van der Waals surface area (Å²) >= 11 is 1.46. The Balaban J connectivity index is 1.78. The molecule has 6 nitrogen and oxygen atoms in total. The first-order valence-corrected chi connectivity index (χ1v) is 8.54. The summed E-state index contributed by atoms with van der Waals surface area (Å²) < 4.78 is 1.48. The van der Waals surface area contributed by atoms with Gasteiger partial charge in [-0.25, -0.2) is 4.98 Å². The van der Waals surface area contributed by atoms with Crippen LogP contribution in [0.5, 0.6) is 5.88 Å². The molecule has 1 aliphatic rings. The molecule has 2 N–H and O–H groups in total. The van der Waals surface area contributed by atoms with Crippen LogP contribution >= 0.6 is 11.3 Å². The van der Waals surface area contributed by atoms with E-state index in [2.05, 4.69) is 27.1 Å². The highest BCUT2D eigenvalue weighted by Crippen LogP contribution is 2.40. The summed E-state index contributed by atoms with van der Waals surface area (Å²) in [6.07, 6.45) is 2.73. The zero-order valence-corrected chi connectivity index (χ0v) is 13.4. The van der Waals surface area contributed by atoms with Crippen molar-refractivity contribution in [2.45, 2.75) is 25.0 Å². The van der Waals surface area contributed by atoms with Crippen molar-refractivity contribution in [1.29, 1.82) is 0 Å². The molecule has 23 heavy (non-hydrogen) atoms. The van der Waals surface area contributed by atoms with Gasteiger partial charge in [-0.15, -0.1) is 0 Å². The molecule has 120 valence electrons. The van der Waals surface area contributed by atoms with Crippen molar-refractivity contribution in [3.05, 3.63) is 47.1 Å². The zero-order valence-electron chi connectivity index (χ0n) is 12.5. The maximum atomic E-state index is 10.6. The molecule has 0 aliphatic carbocycles. The Morgan fingerprint density at radius 2 is 1.91 bits per heavy atom. The number of aromatic nitrogens is 3. The summed E-state index contributed by atoms with van der Waals surface area (Å²) in [6, 6.07) is 10.1. The molecule has 2 aromatic heterocycles. The molecule has 0 radical (unpaired) electrons. The highest BCUT2D eigenvalue weighted by atomic mass is 32.1. The molecule has 1 fully saturated rings. The number of hydrogen-bond acceptors (Lipinski definition) is 6. The van der Waals surface area contributed by atoms with Crippen LogP contribution in [0.25, 0.3) is 4.96 Å². The third-order valence-electron chi connectivity index (χ3n) is 4.37. The quantitative estimate of drug-likeness (QED) is 0.769. The van der Waals surface area contributed by atoms with Crippen LogP contribution in [0.4, 0.5) is 0 Å². The minimum atomic E-state index is -0.224. The maximum Gasteiger partial charge on any atom is 0.230 e. The van der Waals surface area contributed by atoms with Crippen LogP contribution in [0.2, 0.25) is 0 Å². The number of thiazole rings is 1. The van der Waals surface area contributed by atoms with E-state index >= 15 is 0 Å². The standard InChI is InChI=1S/C16H18N4O2S/c21-12-6-8-19(9-7-12)13(11-4-2-1-3-5-11)14-15(22)20-16(23-14)17-10-18-20/h1-5,10,12-13,21-22H,6-9H2/t13-/m1/s1. The van der Waals surface area contributed by atoms with E-state index in [0.717, 1.165) is 36.4 Å². The van der Waals surface area contributed by atoms with Crippen molar-refractivity contribution < 1.29 is 10.2 Å². The van der Waals surface area contributed by atoms with Crippen molar-refractivity contribution in [1.82, 2.24) is 19.5 Å². The lowest BCUT2D eigenvalue weighted by molar-refractivity contribution is 0.0689. The number of aromatic hydroxyl groups is 1. The van der Waals surface area contributed by atoms with Crippen molar-refractivity contribution in [3.63, 3.8) is 0 Å². The lowest BCUT2D eigenvalue weighted by Gasteiger charge is -2.35. The average molecular weight is 330 g/mol. The van der Waals surface area contributed by atoms with Gasteiger partial charge in [-0.1, -0.05) is 41.7 Å². The highest BCUT2D eigenvalue weighted by Gasteiger charge is 2.31. The second-order valence-electron chi connectivity index (χ2n) is 5.82. The van der Waals surface area contributed by atoms with Gasteiger partial charge in [0.2, 0.25) is 10.8 Å². The smallest absolute Gasteiger partial charge is 0.230 e. The van der Waals surface area contributed by atoms with Crippen LogP contribution in [0.15, 0.2) is 36.7 Å². The van der Waals surface area contributed by atoms with E-state index < -0.39 is 0 Å². The Morgan fingerprint density at radius 1 is 1.17 bits per heavy atom. The predicted octanol–water partition coefficient (Wildman–Crippen LogP) is 2.04. The fraction of sp³-hybridized carbons (Fsp3) is 0.375. The molecule has 0 spiro atoms. The van der Waals surface area contributed by atoms with Crippen LogP contribution < -0.4 is 0 Å². The molecule has 0 bridgehead atoms. The number of aliphatic hydroxyl groups excluding tert-OH is 1. The number of benzene rings is 1. The highest BCUT2D eigenvalue weighted by molar-refractivity contribution is 7.17. The van der Waals surface area contributed by atoms with Crippen molar-refractivity contribution in [2.24, 2.45) is 0 Å². The molecule has 0 unspecified atom stereocenters. The Bertz CT molecular complexity index is 793. The molecule has 1 aliphatic heterocycles. The Kier molecular flexibility index (Phi) is 3.76. The fourth-order valence-corrected chi connectivity index (χ4v) is 4.27. The third-order valence-corrected chi connectivity index (χ3v) is 5.45. The van der Waals surface area contributed by atoms with Crippen molar-refractivity contribution in [3.8, 4) is 5.88 Å². The van der Waals surface area contributed by atoms with E-state index in [0.29, 0.717) is 4.96 Å². The monoisotopic (exact) mass is 330 g/mol. The largest absolute Gasteiger partial charge is 0.492 e. The van der Waals surface area contributed by atoms with Gasteiger partial charge in [0.25, 0.3) is 0 Å². The molecule has 0 saturated carbocycles. The zero-order chi connectivity index (χ0) is 15.8. The Morgan fingerprint density at radius 3 is 2.61 bits per heavy atom. The van der Waals surface area contributed by atoms with Crippen LogP contribution in [0.1, 0.15) is 29.3 Å². The molecule has 7 heteroatoms. The second kappa shape index (κ2) is 5.92. The maximum absolute atomic E-state index is 10.6. The fourth-order valence-electron chi connectivity index (χ4n) is 3.18. The van der Waals surface area contributed by atoms with Crippen molar-refractivity contribution in [2.75, 3.05) is 13.1 Å². The summed E-state index contributed by atoms with van der Waals surface area (Å²) in [5.74, 6) is 0.155. The van der Waals surface area contributed by atoms with Gasteiger partial charge in [0.1, 0.15) is 6.33 Å². The van der Waals surface area contributed by atoms with Gasteiger partial charge < -0.3 is 10.2 Å². The number of aliphatic hydroxyl groups is 1. The van der Waals surface area contributed by atoms with Gasteiger partial charge >= 0.3 is 0 Å². The van der Waals surface area contributed by atoms with E-state index in [4.69, 9.17) is 0 Å². The Labute approximate surface area is 137 Å². The van der Waals surface area contributed by atoms with E-state index in [1.54, 1.807) is 0 Å². The summed E-state index contributed by atoms with van der Waals surface area (Å²) in [5.41, 5.74) is 1.13.